The first kappa shape index (κ1) is 27.6. The van der Waals surface area contributed by atoms with Gasteiger partial charge in [-0.25, -0.2) is 9.80 Å². The van der Waals surface area contributed by atoms with E-state index in [4.69, 9.17) is 4.74 Å². The van der Waals surface area contributed by atoms with Gasteiger partial charge in [-0.15, -0.1) is 11.3 Å². The number of carbonyl (C=O) groups is 5. The molecule has 2 atom stereocenters. The Morgan fingerprint density at radius 3 is 2.29 bits per heavy atom. The second kappa shape index (κ2) is 11.3. The Bertz CT molecular complexity index is 1580. The third-order valence-electron chi connectivity index (χ3n) is 7.00. The van der Waals surface area contributed by atoms with Crippen LogP contribution in [0.25, 0.3) is 0 Å². The number of Topliss-reactive ketones (excluding diaryl/α,β-unsaturated/α-hetero) is 1. The van der Waals surface area contributed by atoms with E-state index in [0.29, 0.717) is 17.7 Å². The van der Waals surface area contributed by atoms with Crippen LogP contribution < -0.4 is 4.74 Å². The Balaban J connectivity index is 1.40. The minimum atomic E-state index is -0.834. The number of amides is 3. The highest BCUT2D eigenvalue weighted by atomic mass is 32.1. The Hall–Kier alpha value is -4.97. The van der Waals surface area contributed by atoms with Gasteiger partial charge < -0.3 is 4.74 Å². The number of nitrogens with zero attached hydrogens (tertiary/aromatic N) is 3. The third-order valence-corrected chi connectivity index (χ3v) is 7.85. The topological polar surface area (TPSA) is 144 Å². The van der Waals surface area contributed by atoms with Crippen molar-refractivity contribution in [2.75, 3.05) is 6.54 Å². The summed E-state index contributed by atoms with van der Waals surface area (Å²) in [6.45, 7) is 1.22. The molecule has 3 amide bonds. The second-order valence-corrected chi connectivity index (χ2v) is 10.6. The molecule has 1 fully saturated rings. The normalized spacial score (nSPS) is 18.0. The largest absolute Gasteiger partial charge is 0.422 e. The molecule has 2 heterocycles. The van der Waals surface area contributed by atoms with Crippen LogP contribution in [0.2, 0.25) is 0 Å². The summed E-state index contributed by atoms with van der Waals surface area (Å²) in [6.07, 6.45) is 2.60. The number of non-ortho nitro benzene ring substituents is 1. The van der Waals surface area contributed by atoms with Crippen molar-refractivity contribution in [1.29, 1.82) is 0 Å². The average molecular weight is 574 g/mol. The number of fused-ring (bicyclic) bond motifs is 1. The molecule has 2 aliphatic rings. The number of ether oxygens (including phenoxy) is 1. The summed E-state index contributed by atoms with van der Waals surface area (Å²) in [5, 5.41) is 14.4. The summed E-state index contributed by atoms with van der Waals surface area (Å²) in [5.41, 5.74) is 0.823. The zero-order chi connectivity index (χ0) is 29.3. The fourth-order valence-corrected chi connectivity index (χ4v) is 5.45. The average Bonchev–Trinajstić information content (AvgIpc) is 3.59. The number of imide groups is 1. The van der Waals surface area contributed by atoms with Crippen LogP contribution in [0.3, 0.4) is 0 Å². The van der Waals surface area contributed by atoms with Crippen LogP contribution in [0.4, 0.5) is 5.69 Å². The lowest BCUT2D eigenvalue weighted by molar-refractivity contribution is -0.384. The fraction of sp³-hybridized carbons (Fsp3) is 0.207. The maximum atomic E-state index is 13.6. The Kier molecular flexibility index (Phi) is 7.58. The van der Waals surface area contributed by atoms with E-state index >= 15 is 0 Å². The Morgan fingerprint density at radius 1 is 1.00 bits per heavy atom. The summed E-state index contributed by atoms with van der Waals surface area (Å²) in [4.78, 5) is 76.8. The molecule has 0 bridgehead atoms. The van der Waals surface area contributed by atoms with E-state index in [0.717, 1.165) is 27.7 Å². The molecule has 3 aromatic rings. The van der Waals surface area contributed by atoms with Crippen molar-refractivity contribution in [2.24, 2.45) is 11.8 Å². The number of benzene rings is 2. The van der Waals surface area contributed by atoms with Crippen LogP contribution in [-0.2, 0) is 9.59 Å². The van der Waals surface area contributed by atoms with Crippen molar-refractivity contribution in [2.45, 2.75) is 19.8 Å². The number of rotatable bonds is 8. The lowest BCUT2D eigenvalue weighted by atomic mass is 9.82. The van der Waals surface area contributed by atoms with Crippen molar-refractivity contribution >= 4 is 46.5 Å². The van der Waals surface area contributed by atoms with Crippen LogP contribution in [0.15, 0.2) is 77.7 Å². The molecule has 1 aromatic heterocycles. The number of nitro benzene ring substituents is 1. The quantitative estimate of drug-likeness (QED) is 0.0731. The standard InChI is InChI=1S/C29H23N3O8S/c1-17-4-13-22-23(15-17)28(36)31(27(22)35)30(26(34)19-5-9-20(10-6-19)32(38)39)16-24(33)18-7-11-21(12-8-18)40-29(37)25-3-2-14-41-25/h2-12,14,22-23H,13,15-16H2,1H3/t22-,23+/m0/s1. The monoisotopic (exact) mass is 573 g/mol. The van der Waals surface area contributed by atoms with Gasteiger partial charge in [0, 0.05) is 23.3 Å². The van der Waals surface area contributed by atoms with Gasteiger partial charge in [0.2, 0.25) is 0 Å². The van der Waals surface area contributed by atoms with Gasteiger partial charge in [-0.1, -0.05) is 17.7 Å². The van der Waals surface area contributed by atoms with Gasteiger partial charge in [0.05, 0.1) is 16.8 Å². The molecule has 12 heteroatoms. The van der Waals surface area contributed by atoms with Crippen LogP contribution >= 0.6 is 11.3 Å². The zero-order valence-electron chi connectivity index (χ0n) is 21.7. The van der Waals surface area contributed by atoms with E-state index in [2.05, 4.69) is 0 Å². The first-order chi connectivity index (χ1) is 19.6. The van der Waals surface area contributed by atoms with Crippen LogP contribution in [0.5, 0.6) is 5.75 Å². The molecule has 0 N–H and O–H groups in total. The van der Waals surface area contributed by atoms with Crippen LogP contribution in [0.1, 0.15) is 50.2 Å². The second-order valence-electron chi connectivity index (χ2n) is 9.67. The fourth-order valence-electron chi connectivity index (χ4n) is 4.85. The van der Waals surface area contributed by atoms with Gasteiger partial charge in [-0.3, -0.25) is 29.3 Å². The molecule has 1 saturated heterocycles. The maximum absolute atomic E-state index is 13.6. The number of hydrogen-bond donors (Lipinski definition) is 0. The summed E-state index contributed by atoms with van der Waals surface area (Å²) < 4.78 is 5.31. The number of hydrogen-bond acceptors (Lipinski definition) is 9. The van der Waals surface area contributed by atoms with E-state index in [1.54, 1.807) is 17.5 Å². The lowest BCUT2D eigenvalue weighted by Gasteiger charge is -2.30. The molecular formula is C29H23N3O8S. The predicted molar refractivity (Wildman–Crippen MR) is 146 cm³/mol. The summed E-state index contributed by atoms with van der Waals surface area (Å²) >= 11 is 1.23. The van der Waals surface area contributed by atoms with Gasteiger partial charge in [-0.05, 0) is 67.6 Å². The van der Waals surface area contributed by atoms with Crippen molar-refractivity contribution in [1.82, 2.24) is 10.0 Å². The first-order valence-electron chi connectivity index (χ1n) is 12.6. The minimum Gasteiger partial charge on any atom is -0.422 e. The molecule has 11 nitrogen and oxygen atoms in total. The number of carbonyl (C=O) groups excluding carboxylic acids is 5. The minimum absolute atomic E-state index is 0.0379. The van der Waals surface area contributed by atoms with Crippen molar-refractivity contribution in [3.05, 3.63) is 104 Å². The van der Waals surface area contributed by atoms with Crippen LogP contribution in [0, 0.1) is 22.0 Å². The Labute approximate surface area is 237 Å². The molecular weight excluding hydrogens is 550 g/mol. The van der Waals surface area contributed by atoms with Gasteiger partial charge in [0.15, 0.2) is 5.78 Å². The molecule has 1 aliphatic heterocycles. The molecule has 0 spiro atoms. The number of allylic oxidation sites excluding steroid dienone is 2. The van der Waals surface area contributed by atoms with E-state index in [-0.39, 0.29) is 22.6 Å². The molecule has 0 saturated carbocycles. The Morgan fingerprint density at radius 2 is 1.66 bits per heavy atom. The first-order valence-corrected chi connectivity index (χ1v) is 13.5. The number of hydrazine groups is 1. The van der Waals surface area contributed by atoms with E-state index in [9.17, 15) is 34.1 Å². The van der Waals surface area contributed by atoms with Gasteiger partial charge in [-0.2, -0.15) is 5.01 Å². The van der Waals surface area contributed by atoms with Crippen molar-refractivity contribution in [3.63, 3.8) is 0 Å². The maximum Gasteiger partial charge on any atom is 0.353 e. The highest BCUT2D eigenvalue weighted by molar-refractivity contribution is 7.12. The van der Waals surface area contributed by atoms with Crippen molar-refractivity contribution < 1.29 is 33.6 Å². The smallest absolute Gasteiger partial charge is 0.353 e. The summed E-state index contributed by atoms with van der Waals surface area (Å²) in [5.74, 6) is -4.21. The predicted octanol–water partition coefficient (Wildman–Crippen LogP) is 4.46. The summed E-state index contributed by atoms with van der Waals surface area (Å²) in [7, 11) is 0. The molecule has 0 unspecified atom stereocenters. The third kappa shape index (κ3) is 5.54. The zero-order valence-corrected chi connectivity index (χ0v) is 22.5. The van der Waals surface area contributed by atoms with E-state index in [1.165, 1.54) is 47.7 Å². The van der Waals surface area contributed by atoms with E-state index < -0.39 is 52.8 Å². The van der Waals surface area contributed by atoms with Crippen LogP contribution in [-0.4, -0.2) is 51.0 Å². The lowest BCUT2D eigenvalue weighted by Crippen LogP contribution is -2.52. The van der Waals surface area contributed by atoms with E-state index in [1.807, 2.05) is 13.0 Å². The highest BCUT2D eigenvalue weighted by Gasteiger charge is 2.51. The summed E-state index contributed by atoms with van der Waals surface area (Å²) in [6, 6.07) is 13.7. The molecule has 0 radical (unpaired) electrons. The number of nitro groups is 1. The number of esters is 1. The molecule has 41 heavy (non-hydrogen) atoms. The van der Waals surface area contributed by atoms with Gasteiger partial charge >= 0.3 is 5.97 Å². The molecule has 5 rings (SSSR count). The highest BCUT2D eigenvalue weighted by Crippen LogP contribution is 2.38. The molecule has 2 aromatic carbocycles. The number of ketones is 1. The SMILES string of the molecule is CC1=CC[C@@H]2C(=O)N(N(CC(=O)c3ccc(OC(=O)c4cccs4)cc3)C(=O)c3ccc([N+](=O)[O-])cc3)C(=O)[C@@H]2C1. The van der Waals surface area contributed by atoms with Crippen molar-refractivity contribution in [3.8, 4) is 5.75 Å². The van der Waals surface area contributed by atoms with Gasteiger partial charge in [0.25, 0.3) is 23.4 Å². The number of thiophene rings is 1. The van der Waals surface area contributed by atoms with Gasteiger partial charge in [0.1, 0.15) is 17.2 Å². The molecule has 208 valence electrons. The molecule has 1 aliphatic carbocycles.